The lowest BCUT2D eigenvalue weighted by molar-refractivity contribution is -0.192. The zero-order chi connectivity index (χ0) is 19.8. The maximum absolute atomic E-state index is 12.4. The number of alkyl halides is 3. The molecule has 0 bridgehead atoms. The number of likely N-dealkylation sites (tertiary alicyclic amines) is 1. The molecule has 3 fully saturated rings. The van der Waals surface area contributed by atoms with Crippen LogP contribution in [-0.4, -0.2) is 64.0 Å². The van der Waals surface area contributed by atoms with Gasteiger partial charge in [-0.15, -0.1) is 0 Å². The van der Waals surface area contributed by atoms with Gasteiger partial charge in [0.15, 0.2) is 0 Å². The predicted octanol–water partition coefficient (Wildman–Crippen LogP) is 1.89. The number of aromatic nitrogens is 2. The van der Waals surface area contributed by atoms with Gasteiger partial charge < -0.3 is 14.9 Å². The van der Waals surface area contributed by atoms with Crippen molar-refractivity contribution >= 4 is 17.6 Å². The number of carboxylic acid groups (broad SMARTS) is 1. The first-order valence-corrected chi connectivity index (χ1v) is 8.89. The Labute approximate surface area is 154 Å². The zero-order valence-corrected chi connectivity index (χ0v) is 15.1. The first-order valence-electron chi connectivity index (χ1n) is 8.89. The molecule has 7 nitrogen and oxygen atoms in total. The molecule has 10 heteroatoms. The van der Waals surface area contributed by atoms with Crippen molar-refractivity contribution in [2.45, 2.75) is 31.9 Å². The quantitative estimate of drug-likeness (QED) is 0.856. The molecule has 3 aliphatic rings. The zero-order valence-electron chi connectivity index (χ0n) is 15.1. The topological polar surface area (TPSA) is 78.7 Å². The molecule has 1 aromatic heterocycles. The number of carbonyl (C=O) groups excluding carboxylic acids is 1. The summed E-state index contributed by atoms with van der Waals surface area (Å²) < 4.78 is 33.5. The third-order valence-electron chi connectivity index (χ3n) is 5.30. The Morgan fingerprint density at radius 3 is 2.56 bits per heavy atom. The Balaban J connectivity index is 0.000000260. The Bertz CT molecular complexity index is 717. The van der Waals surface area contributed by atoms with E-state index in [1.165, 1.54) is 32.4 Å². The molecule has 1 unspecified atom stereocenters. The van der Waals surface area contributed by atoms with Gasteiger partial charge >= 0.3 is 12.1 Å². The molecule has 1 aromatic rings. The van der Waals surface area contributed by atoms with Crippen molar-refractivity contribution in [2.75, 3.05) is 31.1 Å². The maximum atomic E-state index is 12.4. The molecular formula is C17H23F3N4O3. The number of aliphatic carboxylic acids is 1. The molecular weight excluding hydrogens is 365 g/mol. The number of carboxylic acids is 1. The van der Waals surface area contributed by atoms with Gasteiger partial charge in [-0.05, 0) is 31.7 Å². The lowest BCUT2D eigenvalue weighted by Crippen LogP contribution is -2.32. The Kier molecular flexibility index (Phi) is 5.20. The van der Waals surface area contributed by atoms with Gasteiger partial charge in [0.1, 0.15) is 0 Å². The second-order valence-corrected chi connectivity index (χ2v) is 7.76. The van der Waals surface area contributed by atoms with Crippen LogP contribution in [0.1, 0.15) is 25.7 Å². The molecule has 2 saturated heterocycles. The van der Waals surface area contributed by atoms with Crippen LogP contribution in [0.15, 0.2) is 12.4 Å². The number of anilines is 1. The SMILES string of the molecule is Cn1cc(N2CC3(CCN(CC4CC4)C3)CC2=O)cn1.O=C(O)C(F)(F)F. The smallest absolute Gasteiger partial charge is 0.475 e. The van der Waals surface area contributed by atoms with Gasteiger partial charge in [-0.25, -0.2) is 4.79 Å². The van der Waals surface area contributed by atoms with Crippen molar-refractivity contribution in [1.29, 1.82) is 0 Å². The fraction of sp³-hybridized carbons (Fsp3) is 0.706. The molecule has 0 aromatic carbocycles. The third kappa shape index (κ3) is 4.79. The van der Waals surface area contributed by atoms with E-state index in [4.69, 9.17) is 9.90 Å². The van der Waals surface area contributed by atoms with Gasteiger partial charge in [-0.1, -0.05) is 0 Å². The summed E-state index contributed by atoms with van der Waals surface area (Å²) >= 11 is 0. The minimum atomic E-state index is -5.08. The fourth-order valence-corrected chi connectivity index (χ4v) is 3.80. The largest absolute Gasteiger partial charge is 0.490 e. The molecule has 4 rings (SSSR count). The minimum Gasteiger partial charge on any atom is -0.475 e. The average Bonchev–Trinajstić information content (AvgIpc) is 2.98. The van der Waals surface area contributed by atoms with Gasteiger partial charge in [-0.3, -0.25) is 9.48 Å². The van der Waals surface area contributed by atoms with Crippen molar-refractivity contribution in [3.05, 3.63) is 12.4 Å². The maximum Gasteiger partial charge on any atom is 0.490 e. The summed E-state index contributed by atoms with van der Waals surface area (Å²) in [7, 11) is 1.90. The van der Waals surface area contributed by atoms with E-state index in [2.05, 4.69) is 10.00 Å². The van der Waals surface area contributed by atoms with Crippen LogP contribution >= 0.6 is 0 Å². The van der Waals surface area contributed by atoms with Gasteiger partial charge in [0.05, 0.1) is 11.9 Å². The minimum absolute atomic E-state index is 0.196. The standard InChI is InChI=1S/C15H22N4O.C2HF3O2/c1-17-9-13(7-16-17)19-11-15(6-14(19)20)4-5-18(10-15)8-12-2-3-12;3-2(4,5)1(6)7/h7,9,12H,2-6,8,10-11H2,1H3;(H,6,7). The number of amides is 1. The van der Waals surface area contributed by atoms with Crippen LogP contribution in [0.5, 0.6) is 0 Å². The molecule has 1 spiro atoms. The van der Waals surface area contributed by atoms with Crippen LogP contribution in [0.3, 0.4) is 0 Å². The van der Waals surface area contributed by atoms with Crippen LogP contribution in [-0.2, 0) is 16.6 Å². The van der Waals surface area contributed by atoms with Gasteiger partial charge in [0.2, 0.25) is 5.91 Å². The van der Waals surface area contributed by atoms with Crippen molar-refractivity contribution in [1.82, 2.24) is 14.7 Å². The van der Waals surface area contributed by atoms with Gasteiger partial charge in [-0.2, -0.15) is 18.3 Å². The van der Waals surface area contributed by atoms with Crippen LogP contribution in [0.4, 0.5) is 18.9 Å². The van der Waals surface area contributed by atoms with Gasteiger partial charge in [0.25, 0.3) is 0 Å². The molecule has 27 heavy (non-hydrogen) atoms. The summed E-state index contributed by atoms with van der Waals surface area (Å²) in [6, 6.07) is 0. The van der Waals surface area contributed by atoms with Crippen molar-refractivity contribution in [3.8, 4) is 0 Å². The van der Waals surface area contributed by atoms with Crippen LogP contribution in [0.25, 0.3) is 0 Å². The van der Waals surface area contributed by atoms with E-state index in [9.17, 15) is 18.0 Å². The fourth-order valence-electron chi connectivity index (χ4n) is 3.80. The number of nitrogens with zero attached hydrogens (tertiary/aromatic N) is 4. The highest BCUT2D eigenvalue weighted by molar-refractivity contribution is 5.96. The summed E-state index contributed by atoms with van der Waals surface area (Å²) in [5.41, 5.74) is 1.15. The van der Waals surface area contributed by atoms with E-state index in [1.54, 1.807) is 10.9 Å². The first kappa shape index (κ1) is 19.7. The second-order valence-electron chi connectivity index (χ2n) is 7.76. The number of carbonyl (C=O) groups is 2. The number of aryl methyl sites for hydroxylation is 1. The second kappa shape index (κ2) is 7.14. The highest BCUT2D eigenvalue weighted by Crippen LogP contribution is 2.43. The molecule has 1 atom stereocenters. The van der Waals surface area contributed by atoms with E-state index in [0.29, 0.717) is 6.42 Å². The molecule has 1 aliphatic carbocycles. The lowest BCUT2D eigenvalue weighted by Gasteiger charge is -2.23. The third-order valence-corrected chi connectivity index (χ3v) is 5.30. The molecule has 1 saturated carbocycles. The highest BCUT2D eigenvalue weighted by atomic mass is 19.4. The van der Waals surface area contributed by atoms with Crippen molar-refractivity contribution in [2.24, 2.45) is 18.4 Å². The van der Waals surface area contributed by atoms with Crippen LogP contribution in [0.2, 0.25) is 0 Å². The summed E-state index contributed by atoms with van der Waals surface area (Å²) in [5, 5.41) is 11.3. The Hall–Kier alpha value is -2.10. The molecule has 2 aliphatic heterocycles. The summed E-state index contributed by atoms with van der Waals surface area (Å²) in [5.74, 6) is -1.55. The van der Waals surface area contributed by atoms with Crippen molar-refractivity contribution in [3.63, 3.8) is 0 Å². The van der Waals surface area contributed by atoms with Gasteiger partial charge in [0, 0.05) is 44.7 Å². The number of halogens is 3. The van der Waals surface area contributed by atoms with Crippen molar-refractivity contribution < 1.29 is 27.9 Å². The van der Waals surface area contributed by atoms with E-state index < -0.39 is 12.1 Å². The number of hydrogen-bond donors (Lipinski definition) is 1. The average molecular weight is 388 g/mol. The first-order chi connectivity index (χ1) is 12.6. The van der Waals surface area contributed by atoms with E-state index >= 15 is 0 Å². The number of rotatable bonds is 3. The normalized spacial score (nSPS) is 25.8. The lowest BCUT2D eigenvalue weighted by atomic mass is 9.86. The highest BCUT2D eigenvalue weighted by Gasteiger charge is 2.48. The van der Waals surface area contributed by atoms with Crippen LogP contribution in [0, 0.1) is 11.3 Å². The molecule has 150 valence electrons. The summed E-state index contributed by atoms with van der Waals surface area (Å²) in [6.45, 7) is 4.40. The molecule has 1 N–H and O–H groups in total. The summed E-state index contributed by atoms with van der Waals surface area (Å²) in [6.07, 6.45) is 3.35. The van der Waals surface area contributed by atoms with Crippen LogP contribution < -0.4 is 4.90 Å². The molecule has 1 amide bonds. The predicted molar refractivity (Wildman–Crippen MR) is 90.1 cm³/mol. The van der Waals surface area contributed by atoms with E-state index in [0.717, 1.165) is 24.7 Å². The van der Waals surface area contributed by atoms with E-state index in [1.807, 2.05) is 18.1 Å². The Morgan fingerprint density at radius 2 is 2.04 bits per heavy atom. The van der Waals surface area contributed by atoms with E-state index in [-0.39, 0.29) is 11.3 Å². The monoisotopic (exact) mass is 388 g/mol. The summed E-state index contributed by atoms with van der Waals surface area (Å²) in [4.78, 5) is 25.8. The number of hydrogen-bond acceptors (Lipinski definition) is 4. The molecule has 0 radical (unpaired) electrons. The Morgan fingerprint density at radius 1 is 1.37 bits per heavy atom. The molecule has 3 heterocycles.